The number of nitrogens with one attached hydrogen (secondary N) is 2. The van der Waals surface area contributed by atoms with Crippen LogP contribution < -0.4 is 10.6 Å². The van der Waals surface area contributed by atoms with E-state index in [1.165, 1.54) is 45.6 Å². The summed E-state index contributed by atoms with van der Waals surface area (Å²) in [7, 11) is 0. The maximum atomic E-state index is 4.51. The molecule has 0 amide bonds. The van der Waals surface area contributed by atoms with Gasteiger partial charge in [0.25, 0.3) is 0 Å². The van der Waals surface area contributed by atoms with Gasteiger partial charge < -0.3 is 15.5 Å². The molecule has 0 aromatic carbocycles. The van der Waals surface area contributed by atoms with Crippen LogP contribution in [-0.2, 0) is 0 Å². The van der Waals surface area contributed by atoms with E-state index in [-0.39, 0.29) is 0 Å². The van der Waals surface area contributed by atoms with Crippen molar-refractivity contribution < 1.29 is 0 Å². The minimum atomic E-state index is 0.487. The molecule has 2 unspecified atom stereocenters. The Bertz CT molecular complexity index is 468. The molecule has 21 heavy (non-hydrogen) atoms. The van der Waals surface area contributed by atoms with Gasteiger partial charge in [-0.15, -0.1) is 0 Å². The second-order valence-corrected chi connectivity index (χ2v) is 7.17. The van der Waals surface area contributed by atoms with E-state index in [0.717, 1.165) is 24.0 Å². The summed E-state index contributed by atoms with van der Waals surface area (Å²) >= 11 is 0. The maximum Gasteiger partial charge on any atom is 0.126 e. The molecule has 0 radical (unpaired) electrons. The summed E-state index contributed by atoms with van der Waals surface area (Å²) in [6, 6.07) is 6.17. The first-order chi connectivity index (χ1) is 10.1. The molecule has 2 atom stereocenters. The molecule has 3 rings (SSSR count). The summed E-state index contributed by atoms with van der Waals surface area (Å²) in [4.78, 5) is 7.17. The summed E-state index contributed by atoms with van der Waals surface area (Å²) in [5.41, 5.74) is 1.56. The zero-order valence-corrected chi connectivity index (χ0v) is 13.4. The minimum Gasteiger partial charge on any atom is -0.370 e. The second kappa shape index (κ2) is 6.32. The van der Waals surface area contributed by atoms with Crippen molar-refractivity contribution in [3.8, 4) is 0 Å². The highest BCUT2D eigenvalue weighted by atomic mass is 15.2. The van der Waals surface area contributed by atoms with Crippen molar-refractivity contribution in [3.05, 3.63) is 23.9 Å². The van der Waals surface area contributed by atoms with E-state index >= 15 is 0 Å². The Kier molecular flexibility index (Phi) is 4.45. The van der Waals surface area contributed by atoms with Crippen LogP contribution in [0, 0.1) is 18.3 Å². The van der Waals surface area contributed by atoms with E-state index in [4.69, 9.17) is 0 Å². The molecule has 1 aromatic heterocycles. The molecule has 1 aromatic rings. The summed E-state index contributed by atoms with van der Waals surface area (Å²) in [5, 5.41) is 7.00. The van der Waals surface area contributed by atoms with Crippen molar-refractivity contribution in [2.75, 3.05) is 44.6 Å². The molecule has 2 aliphatic heterocycles. The lowest BCUT2D eigenvalue weighted by atomic mass is 9.89. The fraction of sp³-hybridized carbons (Fsp3) is 0.706. The monoisotopic (exact) mass is 288 g/mol. The highest BCUT2D eigenvalue weighted by Gasteiger charge is 2.33. The van der Waals surface area contributed by atoms with Crippen molar-refractivity contribution in [1.29, 1.82) is 0 Å². The van der Waals surface area contributed by atoms with Gasteiger partial charge in [0.2, 0.25) is 0 Å². The van der Waals surface area contributed by atoms with E-state index in [1.54, 1.807) is 0 Å². The second-order valence-electron chi connectivity index (χ2n) is 7.17. The Balaban J connectivity index is 1.44. The van der Waals surface area contributed by atoms with Gasteiger partial charge in [-0.05, 0) is 56.3 Å². The number of aryl methyl sites for hydroxylation is 1. The van der Waals surface area contributed by atoms with Crippen molar-refractivity contribution in [3.63, 3.8) is 0 Å². The fourth-order valence-corrected chi connectivity index (χ4v) is 3.66. The van der Waals surface area contributed by atoms with Crippen molar-refractivity contribution in [2.45, 2.75) is 26.7 Å². The van der Waals surface area contributed by atoms with Crippen LogP contribution in [0.15, 0.2) is 18.2 Å². The van der Waals surface area contributed by atoms with Gasteiger partial charge in [-0.1, -0.05) is 13.0 Å². The van der Waals surface area contributed by atoms with Crippen molar-refractivity contribution >= 4 is 5.82 Å². The van der Waals surface area contributed by atoms with Gasteiger partial charge in [-0.25, -0.2) is 4.98 Å². The molecular weight excluding hydrogens is 260 g/mol. The summed E-state index contributed by atoms with van der Waals surface area (Å²) in [6.45, 7) is 11.6. The first-order valence-electron chi connectivity index (χ1n) is 8.24. The van der Waals surface area contributed by atoms with Gasteiger partial charge in [0.15, 0.2) is 0 Å². The average molecular weight is 288 g/mol. The van der Waals surface area contributed by atoms with Crippen LogP contribution >= 0.6 is 0 Å². The van der Waals surface area contributed by atoms with Crippen LogP contribution in [0.1, 0.15) is 25.5 Å². The number of anilines is 1. The summed E-state index contributed by atoms with van der Waals surface area (Å²) in [5.74, 6) is 1.77. The van der Waals surface area contributed by atoms with E-state index < -0.39 is 0 Å². The Labute approximate surface area is 128 Å². The third kappa shape index (κ3) is 3.95. The molecule has 2 N–H and O–H groups in total. The lowest BCUT2D eigenvalue weighted by Gasteiger charge is -2.29. The topological polar surface area (TPSA) is 40.2 Å². The number of pyridine rings is 1. The quantitative estimate of drug-likeness (QED) is 0.871. The predicted molar refractivity (Wildman–Crippen MR) is 87.6 cm³/mol. The van der Waals surface area contributed by atoms with Crippen molar-refractivity contribution in [1.82, 2.24) is 15.2 Å². The molecule has 0 saturated carbocycles. The lowest BCUT2D eigenvalue weighted by Crippen LogP contribution is -2.36. The molecule has 4 nitrogen and oxygen atoms in total. The van der Waals surface area contributed by atoms with E-state index in [1.807, 2.05) is 13.0 Å². The summed E-state index contributed by atoms with van der Waals surface area (Å²) < 4.78 is 0. The van der Waals surface area contributed by atoms with Gasteiger partial charge >= 0.3 is 0 Å². The number of rotatable bonds is 5. The number of aromatic nitrogens is 1. The maximum absolute atomic E-state index is 4.51. The first-order valence-corrected chi connectivity index (χ1v) is 8.24. The van der Waals surface area contributed by atoms with Gasteiger partial charge in [-0.2, -0.15) is 0 Å². The highest BCUT2D eigenvalue weighted by molar-refractivity contribution is 5.35. The van der Waals surface area contributed by atoms with Crippen LogP contribution in [0.2, 0.25) is 0 Å². The van der Waals surface area contributed by atoms with E-state index in [0.29, 0.717) is 5.41 Å². The van der Waals surface area contributed by atoms with Crippen LogP contribution in [-0.4, -0.2) is 49.2 Å². The predicted octanol–water partition coefficient (Wildman–Crippen LogP) is 2.12. The number of nitrogens with zero attached hydrogens (tertiary/aromatic N) is 2. The first kappa shape index (κ1) is 14.8. The Morgan fingerprint density at radius 1 is 1.48 bits per heavy atom. The Morgan fingerprint density at radius 2 is 2.38 bits per heavy atom. The molecular formula is C17H28N4. The molecule has 116 valence electrons. The average Bonchev–Trinajstić information content (AvgIpc) is 3.06. The minimum absolute atomic E-state index is 0.487. The number of hydrogen-bond donors (Lipinski definition) is 2. The van der Waals surface area contributed by atoms with Gasteiger partial charge in [0, 0.05) is 31.9 Å². The smallest absolute Gasteiger partial charge is 0.126 e. The molecule has 0 bridgehead atoms. The van der Waals surface area contributed by atoms with Gasteiger partial charge in [-0.3, -0.25) is 0 Å². The molecule has 0 aliphatic carbocycles. The SMILES string of the molecule is Cc1cccc(NCC2CCN(CC3(C)CCNC3)C2)n1. The Hall–Kier alpha value is -1.13. The van der Waals surface area contributed by atoms with Crippen LogP contribution in [0.25, 0.3) is 0 Å². The zero-order valence-electron chi connectivity index (χ0n) is 13.4. The van der Waals surface area contributed by atoms with Gasteiger partial charge in [0.05, 0.1) is 0 Å². The van der Waals surface area contributed by atoms with Crippen LogP contribution in [0.3, 0.4) is 0 Å². The van der Waals surface area contributed by atoms with Crippen molar-refractivity contribution in [2.24, 2.45) is 11.3 Å². The lowest BCUT2D eigenvalue weighted by molar-refractivity contribution is 0.204. The normalized spacial score (nSPS) is 29.9. The molecule has 3 heterocycles. The third-order valence-corrected chi connectivity index (χ3v) is 4.89. The largest absolute Gasteiger partial charge is 0.370 e. The van der Waals surface area contributed by atoms with Gasteiger partial charge in [0.1, 0.15) is 5.82 Å². The van der Waals surface area contributed by atoms with Crippen LogP contribution in [0.4, 0.5) is 5.82 Å². The van der Waals surface area contributed by atoms with Crippen LogP contribution in [0.5, 0.6) is 0 Å². The van der Waals surface area contributed by atoms with E-state index in [9.17, 15) is 0 Å². The Morgan fingerprint density at radius 3 is 3.14 bits per heavy atom. The summed E-state index contributed by atoms with van der Waals surface area (Å²) in [6.07, 6.45) is 2.63. The fourth-order valence-electron chi connectivity index (χ4n) is 3.66. The molecule has 0 spiro atoms. The molecule has 4 heteroatoms. The number of likely N-dealkylation sites (tertiary alicyclic amines) is 1. The number of hydrogen-bond acceptors (Lipinski definition) is 4. The zero-order chi connectivity index (χ0) is 14.7. The standard InChI is InChI=1S/C17H28N4/c1-14-4-3-5-16(20-14)19-10-15-6-9-21(11-15)13-17(2)7-8-18-12-17/h3-5,15,18H,6-13H2,1-2H3,(H,19,20). The molecule has 2 saturated heterocycles. The highest BCUT2D eigenvalue weighted by Crippen LogP contribution is 2.28. The molecule has 2 aliphatic rings. The third-order valence-electron chi connectivity index (χ3n) is 4.89. The molecule has 2 fully saturated rings. The van der Waals surface area contributed by atoms with E-state index in [2.05, 4.69) is 39.6 Å².